The summed E-state index contributed by atoms with van der Waals surface area (Å²) in [6, 6.07) is 11.9. The fourth-order valence-corrected chi connectivity index (χ4v) is 2.53. The number of aliphatic hydroxyl groups excluding tert-OH is 1. The minimum absolute atomic E-state index is 0.0241. The van der Waals surface area contributed by atoms with Gasteiger partial charge in [-0.25, -0.2) is 8.78 Å². The number of halogens is 2. The summed E-state index contributed by atoms with van der Waals surface area (Å²) in [6.07, 6.45) is 0.0241. The largest absolute Gasteiger partial charge is 0.394 e. The minimum Gasteiger partial charge on any atom is -0.394 e. The molecule has 128 valence electrons. The van der Waals surface area contributed by atoms with Gasteiger partial charge in [-0.3, -0.25) is 4.79 Å². The lowest BCUT2D eigenvalue weighted by molar-refractivity contribution is -0.123. The summed E-state index contributed by atoms with van der Waals surface area (Å²) >= 11 is 0. The Morgan fingerprint density at radius 1 is 1.08 bits per heavy atom. The van der Waals surface area contributed by atoms with Crippen LogP contribution in [0.15, 0.2) is 48.5 Å². The van der Waals surface area contributed by atoms with E-state index in [2.05, 4.69) is 5.32 Å². The highest BCUT2D eigenvalue weighted by Gasteiger charge is 2.24. The summed E-state index contributed by atoms with van der Waals surface area (Å²) in [5.74, 6) is -1.60. The molecule has 0 spiro atoms. The van der Waals surface area contributed by atoms with Gasteiger partial charge in [-0.05, 0) is 49.2 Å². The van der Waals surface area contributed by atoms with Crippen LogP contribution in [0.5, 0.6) is 0 Å². The molecule has 0 aromatic heterocycles. The summed E-state index contributed by atoms with van der Waals surface area (Å²) in [4.78, 5) is 12.3. The number of hydrogen-bond acceptors (Lipinski definition) is 2. The molecule has 0 radical (unpaired) electrons. The molecule has 0 aliphatic carbocycles. The second-order valence-electron chi connectivity index (χ2n) is 6.46. The van der Waals surface area contributed by atoms with Crippen molar-refractivity contribution in [2.24, 2.45) is 0 Å². The van der Waals surface area contributed by atoms with Gasteiger partial charge in [0.25, 0.3) is 0 Å². The van der Waals surface area contributed by atoms with Gasteiger partial charge in [0.2, 0.25) is 5.91 Å². The van der Waals surface area contributed by atoms with Crippen LogP contribution in [0.1, 0.15) is 37.3 Å². The maximum Gasteiger partial charge on any atom is 0.221 e. The lowest BCUT2D eigenvalue weighted by atomic mass is 9.88. The molecule has 1 amide bonds. The van der Waals surface area contributed by atoms with E-state index in [0.717, 1.165) is 0 Å². The van der Waals surface area contributed by atoms with Crippen molar-refractivity contribution in [1.82, 2.24) is 5.32 Å². The Bertz CT molecular complexity index is 671. The molecule has 3 nitrogen and oxygen atoms in total. The third kappa shape index (κ3) is 4.86. The number of benzene rings is 2. The predicted octanol–water partition coefficient (Wildman–Crippen LogP) is 3.37. The molecule has 0 aliphatic heterocycles. The van der Waals surface area contributed by atoms with Crippen molar-refractivity contribution in [1.29, 1.82) is 0 Å². The van der Waals surface area contributed by atoms with Crippen molar-refractivity contribution >= 4 is 5.91 Å². The second-order valence-corrected chi connectivity index (χ2v) is 6.46. The maximum atomic E-state index is 13.6. The molecule has 0 heterocycles. The van der Waals surface area contributed by atoms with Crippen LogP contribution in [-0.2, 0) is 4.79 Å². The maximum absolute atomic E-state index is 13.6. The number of hydrogen-bond donors (Lipinski definition) is 2. The van der Waals surface area contributed by atoms with Gasteiger partial charge in [-0.2, -0.15) is 0 Å². The molecule has 2 aromatic rings. The number of rotatable bonds is 6. The Balaban J connectivity index is 2.32. The zero-order valence-electron chi connectivity index (χ0n) is 13.7. The first-order chi connectivity index (χ1) is 11.3. The first kappa shape index (κ1) is 18.1. The van der Waals surface area contributed by atoms with Crippen LogP contribution in [0.25, 0.3) is 0 Å². The van der Waals surface area contributed by atoms with Crippen LogP contribution in [0, 0.1) is 11.6 Å². The second kappa shape index (κ2) is 7.53. The molecular formula is C19H21F2NO2. The highest BCUT2D eigenvalue weighted by Crippen LogP contribution is 2.29. The monoisotopic (exact) mass is 333 g/mol. The Morgan fingerprint density at radius 2 is 1.58 bits per heavy atom. The molecule has 0 aliphatic rings. The molecule has 0 bridgehead atoms. The van der Waals surface area contributed by atoms with Crippen molar-refractivity contribution in [3.8, 4) is 0 Å². The highest BCUT2D eigenvalue weighted by atomic mass is 19.1. The van der Waals surface area contributed by atoms with E-state index in [9.17, 15) is 18.7 Å². The van der Waals surface area contributed by atoms with Gasteiger partial charge in [-0.1, -0.05) is 24.3 Å². The van der Waals surface area contributed by atoms with Crippen molar-refractivity contribution in [2.75, 3.05) is 6.61 Å². The number of carbonyl (C=O) groups is 1. The van der Waals surface area contributed by atoms with Crippen LogP contribution in [0.3, 0.4) is 0 Å². The lowest BCUT2D eigenvalue weighted by Crippen LogP contribution is -2.46. The fourth-order valence-electron chi connectivity index (χ4n) is 2.53. The topological polar surface area (TPSA) is 49.3 Å². The quantitative estimate of drug-likeness (QED) is 0.851. The van der Waals surface area contributed by atoms with Crippen LogP contribution in [-0.4, -0.2) is 23.2 Å². The molecule has 2 N–H and O–H groups in total. The molecule has 24 heavy (non-hydrogen) atoms. The standard InChI is InChI=1S/C19H21F2NO2/c1-19(2,12-23)22-18(24)11-17(13-5-3-7-15(20)9-13)14-6-4-8-16(21)10-14/h3-10,17,23H,11-12H2,1-2H3,(H,22,24). The van der Waals surface area contributed by atoms with E-state index in [4.69, 9.17) is 0 Å². The van der Waals surface area contributed by atoms with E-state index in [-0.39, 0.29) is 18.9 Å². The van der Waals surface area contributed by atoms with Gasteiger partial charge in [0.1, 0.15) is 11.6 Å². The zero-order chi connectivity index (χ0) is 17.7. The first-order valence-corrected chi connectivity index (χ1v) is 7.73. The number of amides is 1. The number of carbonyl (C=O) groups excluding carboxylic acids is 1. The average molecular weight is 333 g/mol. The van der Waals surface area contributed by atoms with Crippen LogP contribution >= 0.6 is 0 Å². The van der Waals surface area contributed by atoms with E-state index in [1.807, 2.05) is 0 Å². The van der Waals surface area contributed by atoms with Crippen molar-refractivity contribution in [3.63, 3.8) is 0 Å². The predicted molar refractivity (Wildman–Crippen MR) is 88.6 cm³/mol. The lowest BCUT2D eigenvalue weighted by Gasteiger charge is -2.25. The third-order valence-electron chi connectivity index (χ3n) is 3.76. The SMILES string of the molecule is CC(C)(CO)NC(=O)CC(c1cccc(F)c1)c1cccc(F)c1. The Labute approximate surface area is 140 Å². The van der Waals surface area contributed by atoms with Gasteiger partial charge < -0.3 is 10.4 Å². The molecule has 0 atom stereocenters. The summed E-state index contributed by atoms with van der Waals surface area (Å²) in [5.41, 5.74) is 0.431. The number of aliphatic hydroxyl groups is 1. The van der Waals surface area contributed by atoms with Crippen molar-refractivity contribution in [2.45, 2.75) is 31.7 Å². The van der Waals surface area contributed by atoms with Crippen LogP contribution in [0.2, 0.25) is 0 Å². The molecular weight excluding hydrogens is 312 g/mol. The fraction of sp³-hybridized carbons (Fsp3) is 0.316. The summed E-state index contributed by atoms with van der Waals surface area (Å²) in [5, 5.41) is 12.0. The van der Waals surface area contributed by atoms with E-state index < -0.39 is 23.1 Å². The smallest absolute Gasteiger partial charge is 0.221 e. The molecule has 5 heteroatoms. The van der Waals surface area contributed by atoms with Gasteiger partial charge in [0.15, 0.2) is 0 Å². The molecule has 0 saturated carbocycles. The Kier molecular flexibility index (Phi) is 5.67. The Hall–Kier alpha value is -2.27. The third-order valence-corrected chi connectivity index (χ3v) is 3.76. The molecule has 0 fully saturated rings. The first-order valence-electron chi connectivity index (χ1n) is 7.73. The summed E-state index contributed by atoms with van der Waals surface area (Å²) in [6.45, 7) is 3.19. The van der Waals surface area contributed by atoms with Crippen molar-refractivity contribution < 1.29 is 18.7 Å². The van der Waals surface area contributed by atoms with Crippen molar-refractivity contribution in [3.05, 3.63) is 71.3 Å². The highest BCUT2D eigenvalue weighted by molar-refractivity contribution is 5.78. The summed E-state index contributed by atoms with van der Waals surface area (Å²) in [7, 11) is 0. The van der Waals surface area contributed by atoms with Gasteiger partial charge in [0.05, 0.1) is 12.1 Å². The summed E-state index contributed by atoms with van der Waals surface area (Å²) < 4.78 is 27.2. The van der Waals surface area contributed by atoms with Gasteiger partial charge >= 0.3 is 0 Å². The molecule has 0 saturated heterocycles. The normalized spacial score (nSPS) is 11.6. The van der Waals surface area contributed by atoms with Gasteiger partial charge in [0, 0.05) is 12.3 Å². The molecule has 0 unspecified atom stereocenters. The van der Waals surface area contributed by atoms with E-state index >= 15 is 0 Å². The number of nitrogens with one attached hydrogen (secondary N) is 1. The van der Waals surface area contributed by atoms with Gasteiger partial charge in [-0.15, -0.1) is 0 Å². The van der Waals surface area contributed by atoms with Crippen LogP contribution in [0.4, 0.5) is 8.78 Å². The average Bonchev–Trinajstić information content (AvgIpc) is 2.52. The van der Waals surface area contributed by atoms with E-state index in [0.29, 0.717) is 11.1 Å². The van der Waals surface area contributed by atoms with Crippen LogP contribution < -0.4 is 5.32 Å². The van der Waals surface area contributed by atoms with E-state index in [1.165, 1.54) is 24.3 Å². The minimum atomic E-state index is -0.758. The Morgan fingerprint density at radius 3 is 2.00 bits per heavy atom. The zero-order valence-corrected chi connectivity index (χ0v) is 13.7. The molecule has 2 aromatic carbocycles. The van der Waals surface area contributed by atoms with E-state index in [1.54, 1.807) is 38.1 Å². The molecule has 2 rings (SSSR count).